The third kappa shape index (κ3) is 8.72. The van der Waals surface area contributed by atoms with Crippen molar-refractivity contribution in [3.05, 3.63) is 65.7 Å². The third-order valence-electron chi connectivity index (χ3n) is 7.81. The van der Waals surface area contributed by atoms with E-state index in [-0.39, 0.29) is 24.8 Å². The second-order valence-electron chi connectivity index (χ2n) is 11.4. The maximum absolute atomic E-state index is 13.3. The van der Waals surface area contributed by atoms with Crippen LogP contribution < -0.4 is 37.1 Å². The van der Waals surface area contributed by atoms with Gasteiger partial charge in [-0.05, 0) is 47.4 Å². The number of amides is 5. The van der Waals surface area contributed by atoms with Crippen molar-refractivity contribution >= 4 is 57.7 Å². The van der Waals surface area contributed by atoms with Crippen LogP contribution >= 0.6 is 11.6 Å². The highest BCUT2D eigenvalue weighted by Crippen LogP contribution is 2.42. The lowest BCUT2D eigenvalue weighted by molar-refractivity contribution is -0.128. The van der Waals surface area contributed by atoms with Crippen LogP contribution in [0.25, 0.3) is 10.8 Å². The lowest BCUT2D eigenvalue weighted by atomic mass is 9.95. The lowest BCUT2D eigenvalue weighted by Gasteiger charge is -2.25. The van der Waals surface area contributed by atoms with Crippen LogP contribution in [0.5, 0.6) is 5.75 Å². The van der Waals surface area contributed by atoms with Crippen LogP contribution in [0.4, 0.5) is 21.0 Å². The van der Waals surface area contributed by atoms with Gasteiger partial charge in [-0.15, -0.1) is 11.6 Å². The zero-order valence-electron chi connectivity index (χ0n) is 26.2. The fourth-order valence-corrected chi connectivity index (χ4v) is 5.64. The second-order valence-corrected chi connectivity index (χ2v) is 11.7. The van der Waals surface area contributed by atoms with Gasteiger partial charge in [-0.1, -0.05) is 50.2 Å². The van der Waals surface area contributed by atoms with Crippen molar-refractivity contribution in [2.24, 2.45) is 11.7 Å². The molecule has 1 aliphatic rings. The van der Waals surface area contributed by atoms with Gasteiger partial charge in [0, 0.05) is 47.7 Å². The molecule has 0 aromatic heterocycles. The number of hydrogen-bond donors (Lipinski definition) is 6. The Morgan fingerprint density at radius 2 is 1.74 bits per heavy atom. The molecule has 0 saturated heterocycles. The van der Waals surface area contributed by atoms with Crippen molar-refractivity contribution in [2.75, 3.05) is 36.7 Å². The molecule has 4 rings (SSSR count). The number of carbonyl (C=O) groups excluding carboxylic acids is 4. The standard InChI is InChI=1S/C33H41ClN6O6/c1-19(2)29(40-33(44)45-3)31(42)39-25(9-6-14-36-32(35)43)30(41)38-22-12-10-20(11-13-22)18-46-27-15-26-28(21(16-34)17-37-26)24-8-5-4-7-23(24)27/h4-5,7-8,10-13,15,19,21,25,29,37H,6,9,14,16-18H2,1-3H3,(H,38,41)(H,39,42)(H,40,44)(H3,35,36,43)/t21-,25+,29+/m1/s1. The summed E-state index contributed by atoms with van der Waals surface area (Å²) in [4.78, 5) is 49.2. The molecule has 0 fully saturated rings. The number of ether oxygens (including phenoxy) is 2. The Morgan fingerprint density at radius 1 is 1.02 bits per heavy atom. The molecule has 0 aliphatic carbocycles. The van der Waals surface area contributed by atoms with Crippen molar-refractivity contribution in [3.8, 4) is 5.75 Å². The van der Waals surface area contributed by atoms with Gasteiger partial charge in [0.15, 0.2) is 0 Å². The quantitative estimate of drug-likeness (QED) is 0.110. The van der Waals surface area contributed by atoms with Crippen LogP contribution in [-0.4, -0.2) is 62.1 Å². The highest BCUT2D eigenvalue weighted by atomic mass is 35.5. The summed E-state index contributed by atoms with van der Waals surface area (Å²) in [5.74, 6) is 0.277. The minimum Gasteiger partial charge on any atom is -0.488 e. The van der Waals surface area contributed by atoms with Gasteiger partial charge in [0.25, 0.3) is 0 Å². The molecule has 46 heavy (non-hydrogen) atoms. The summed E-state index contributed by atoms with van der Waals surface area (Å²) in [5.41, 5.74) is 8.81. The van der Waals surface area contributed by atoms with Gasteiger partial charge in [-0.2, -0.15) is 0 Å². The number of nitrogens with two attached hydrogens (primary N) is 1. The fourth-order valence-electron chi connectivity index (χ4n) is 5.38. The van der Waals surface area contributed by atoms with Gasteiger partial charge in [-0.25, -0.2) is 9.59 Å². The topological polar surface area (TPSA) is 173 Å². The number of methoxy groups -OCH3 is 1. The number of primary amides is 1. The van der Waals surface area contributed by atoms with E-state index in [1.165, 1.54) is 12.7 Å². The highest BCUT2D eigenvalue weighted by molar-refractivity contribution is 6.18. The van der Waals surface area contributed by atoms with Crippen molar-refractivity contribution in [3.63, 3.8) is 0 Å². The maximum atomic E-state index is 13.3. The van der Waals surface area contributed by atoms with Crippen LogP contribution in [0, 0.1) is 5.92 Å². The first-order valence-electron chi connectivity index (χ1n) is 15.2. The number of carbonyl (C=O) groups is 4. The summed E-state index contributed by atoms with van der Waals surface area (Å²) in [7, 11) is 1.20. The minimum absolute atomic E-state index is 0.210. The van der Waals surface area contributed by atoms with Gasteiger partial charge >= 0.3 is 12.1 Å². The molecule has 0 spiro atoms. The number of urea groups is 1. The Hall–Kier alpha value is -4.71. The van der Waals surface area contributed by atoms with E-state index in [0.717, 1.165) is 34.3 Å². The van der Waals surface area contributed by atoms with Crippen LogP contribution in [-0.2, 0) is 20.9 Å². The number of fused-ring (bicyclic) bond motifs is 3. The van der Waals surface area contributed by atoms with E-state index in [0.29, 0.717) is 24.6 Å². The highest BCUT2D eigenvalue weighted by Gasteiger charge is 2.29. The summed E-state index contributed by atoms with van der Waals surface area (Å²) in [6.07, 6.45) is -0.180. The molecule has 3 aromatic rings. The van der Waals surface area contributed by atoms with Gasteiger partial charge < -0.3 is 41.8 Å². The number of anilines is 2. The number of alkyl carbamates (subject to hydrolysis) is 1. The zero-order chi connectivity index (χ0) is 33.2. The number of alkyl halides is 1. The first kappa shape index (κ1) is 34.2. The average molecular weight is 653 g/mol. The number of benzene rings is 3. The molecular formula is C33H41ClN6O6. The predicted molar refractivity (Wildman–Crippen MR) is 178 cm³/mol. The molecule has 5 amide bonds. The average Bonchev–Trinajstić information content (AvgIpc) is 3.47. The van der Waals surface area contributed by atoms with Gasteiger partial charge in [0.05, 0.1) is 7.11 Å². The van der Waals surface area contributed by atoms with Crippen molar-refractivity contribution in [2.45, 2.75) is 51.3 Å². The lowest BCUT2D eigenvalue weighted by Crippen LogP contribution is -2.54. The summed E-state index contributed by atoms with van der Waals surface area (Å²) >= 11 is 6.23. The first-order chi connectivity index (χ1) is 22.1. The second kappa shape index (κ2) is 16.0. The molecule has 7 N–H and O–H groups in total. The van der Waals surface area contributed by atoms with E-state index in [2.05, 4.69) is 37.4 Å². The molecule has 3 aromatic carbocycles. The molecule has 1 aliphatic heterocycles. The van der Waals surface area contributed by atoms with Gasteiger partial charge in [-0.3, -0.25) is 9.59 Å². The Balaban J connectivity index is 1.42. The Morgan fingerprint density at radius 3 is 2.39 bits per heavy atom. The third-order valence-corrected chi connectivity index (χ3v) is 8.18. The summed E-state index contributed by atoms with van der Waals surface area (Å²) < 4.78 is 10.9. The summed E-state index contributed by atoms with van der Waals surface area (Å²) in [6, 6.07) is 14.8. The van der Waals surface area contributed by atoms with E-state index in [9.17, 15) is 19.2 Å². The van der Waals surface area contributed by atoms with Crippen LogP contribution in [0.1, 0.15) is 43.7 Å². The molecule has 0 bridgehead atoms. The number of hydrogen-bond acceptors (Lipinski definition) is 7. The smallest absolute Gasteiger partial charge is 0.407 e. The molecule has 1 heterocycles. The summed E-state index contributed by atoms with van der Waals surface area (Å²) in [6.45, 7) is 4.85. The predicted octanol–water partition coefficient (Wildman–Crippen LogP) is 4.42. The fraction of sp³-hybridized carbons (Fsp3) is 0.394. The Bertz CT molecular complexity index is 1550. The van der Waals surface area contributed by atoms with Crippen LogP contribution in [0.2, 0.25) is 0 Å². The maximum Gasteiger partial charge on any atom is 0.407 e. The largest absolute Gasteiger partial charge is 0.488 e. The number of halogens is 1. The monoisotopic (exact) mass is 652 g/mol. The minimum atomic E-state index is -0.953. The number of rotatable bonds is 14. The summed E-state index contributed by atoms with van der Waals surface area (Å²) in [5, 5.41) is 16.1. The number of nitrogens with one attached hydrogen (secondary N) is 5. The molecule has 246 valence electrons. The van der Waals surface area contributed by atoms with Crippen LogP contribution in [0.3, 0.4) is 0 Å². The first-order valence-corrected chi connectivity index (χ1v) is 15.7. The van der Waals surface area contributed by atoms with Gasteiger partial charge in [0.1, 0.15) is 24.4 Å². The Labute approximate surface area is 273 Å². The van der Waals surface area contributed by atoms with E-state index in [1.54, 1.807) is 26.0 Å². The normalized spacial score (nSPS) is 14.8. The van der Waals surface area contributed by atoms with E-state index in [4.69, 9.17) is 22.1 Å². The van der Waals surface area contributed by atoms with Gasteiger partial charge in [0.2, 0.25) is 11.8 Å². The molecule has 0 radical (unpaired) electrons. The van der Waals surface area contributed by atoms with E-state index < -0.39 is 36.0 Å². The van der Waals surface area contributed by atoms with Crippen LogP contribution in [0.15, 0.2) is 54.6 Å². The SMILES string of the molecule is COC(=O)N[C@H](C(=O)N[C@@H](CCCNC(N)=O)C(=O)Nc1ccc(COc2cc3c(c4ccccc24)[C@H](CCl)CN3)cc1)C(C)C. The molecule has 13 heteroatoms. The Kier molecular flexibility index (Phi) is 11.9. The van der Waals surface area contributed by atoms with E-state index in [1.807, 2.05) is 36.4 Å². The zero-order valence-corrected chi connectivity index (χ0v) is 26.9. The van der Waals surface area contributed by atoms with Crippen molar-refractivity contribution < 1.29 is 28.7 Å². The molecule has 0 unspecified atom stereocenters. The van der Waals surface area contributed by atoms with E-state index >= 15 is 0 Å². The molecule has 0 saturated carbocycles. The van der Waals surface area contributed by atoms with Crippen molar-refractivity contribution in [1.29, 1.82) is 0 Å². The molecule has 3 atom stereocenters. The molecule has 12 nitrogen and oxygen atoms in total. The van der Waals surface area contributed by atoms with Crippen molar-refractivity contribution in [1.82, 2.24) is 16.0 Å². The molecular weight excluding hydrogens is 612 g/mol.